The van der Waals surface area contributed by atoms with Crippen LogP contribution in [0.1, 0.15) is 50.6 Å². The first-order chi connectivity index (χ1) is 9.63. The largest absolute Gasteiger partial charge is 0.309 e. The Morgan fingerprint density at radius 3 is 2.45 bits per heavy atom. The lowest BCUT2D eigenvalue weighted by Crippen LogP contribution is -2.32. The van der Waals surface area contributed by atoms with Gasteiger partial charge >= 0.3 is 0 Å². The summed E-state index contributed by atoms with van der Waals surface area (Å²) in [5, 5.41) is 3.27. The summed E-state index contributed by atoms with van der Waals surface area (Å²) in [5.41, 5.74) is 1.07. The maximum Gasteiger partial charge on any atom is 0.155 e. The van der Waals surface area contributed by atoms with Gasteiger partial charge in [0.15, 0.2) is 9.84 Å². The Kier molecular flexibility index (Phi) is 5.61. The third kappa shape index (κ3) is 4.06. The van der Waals surface area contributed by atoms with Crippen LogP contribution in [0, 0.1) is 0 Å². The fourth-order valence-corrected chi connectivity index (χ4v) is 4.99. The molecule has 1 fully saturated rings. The zero-order valence-corrected chi connectivity index (χ0v) is 13.0. The summed E-state index contributed by atoms with van der Waals surface area (Å²) in [6.07, 6.45) is 4.81. The van der Waals surface area contributed by atoms with Crippen molar-refractivity contribution in [2.24, 2.45) is 0 Å². The zero-order valence-electron chi connectivity index (χ0n) is 12.2. The first-order valence-corrected chi connectivity index (χ1v) is 9.35. The molecule has 2 rings (SSSR count). The summed E-state index contributed by atoms with van der Waals surface area (Å²) in [5.74, 6) is 0.224. The molecule has 1 saturated carbocycles. The van der Waals surface area contributed by atoms with Gasteiger partial charge < -0.3 is 5.32 Å². The van der Waals surface area contributed by atoms with E-state index in [0.29, 0.717) is 0 Å². The van der Waals surface area contributed by atoms with Gasteiger partial charge in [0.1, 0.15) is 0 Å². The van der Waals surface area contributed by atoms with E-state index < -0.39 is 9.84 Å². The molecule has 0 amide bonds. The molecule has 1 aliphatic carbocycles. The molecule has 0 radical (unpaired) electrons. The van der Waals surface area contributed by atoms with Crippen LogP contribution < -0.4 is 5.32 Å². The molecule has 1 atom stereocenters. The van der Waals surface area contributed by atoms with Crippen molar-refractivity contribution in [2.45, 2.75) is 50.3 Å². The third-order valence-electron chi connectivity index (χ3n) is 4.05. The smallest absolute Gasteiger partial charge is 0.155 e. The van der Waals surface area contributed by atoms with Crippen molar-refractivity contribution in [1.29, 1.82) is 0 Å². The topological polar surface area (TPSA) is 46.2 Å². The second-order valence-corrected chi connectivity index (χ2v) is 7.98. The minimum atomic E-state index is -3.00. The molecule has 0 aliphatic heterocycles. The summed E-state index contributed by atoms with van der Waals surface area (Å²) in [4.78, 5) is 0. The molecule has 0 bridgehead atoms. The van der Waals surface area contributed by atoms with E-state index >= 15 is 0 Å². The van der Waals surface area contributed by atoms with Crippen LogP contribution in [0.5, 0.6) is 0 Å². The lowest BCUT2D eigenvalue weighted by atomic mass is 10.1. The van der Waals surface area contributed by atoms with Crippen molar-refractivity contribution in [3.05, 3.63) is 35.9 Å². The summed E-state index contributed by atoms with van der Waals surface area (Å²) < 4.78 is 25.1. The molecule has 0 heterocycles. The highest BCUT2D eigenvalue weighted by molar-refractivity contribution is 7.92. The second-order valence-electron chi connectivity index (χ2n) is 5.65. The Morgan fingerprint density at radius 2 is 1.85 bits per heavy atom. The molecule has 1 aromatic carbocycles. The van der Waals surface area contributed by atoms with Gasteiger partial charge in [-0.2, -0.15) is 0 Å². The molecule has 20 heavy (non-hydrogen) atoms. The van der Waals surface area contributed by atoms with Crippen molar-refractivity contribution in [3.8, 4) is 0 Å². The van der Waals surface area contributed by atoms with Crippen LogP contribution in [-0.4, -0.2) is 26.0 Å². The van der Waals surface area contributed by atoms with Crippen LogP contribution in [0.4, 0.5) is 0 Å². The van der Waals surface area contributed by atoms with Gasteiger partial charge in [-0.15, -0.1) is 0 Å². The van der Waals surface area contributed by atoms with Crippen LogP contribution >= 0.6 is 0 Å². The molecule has 112 valence electrons. The second kappa shape index (κ2) is 7.23. The summed E-state index contributed by atoms with van der Waals surface area (Å²) in [6.45, 7) is 2.94. The predicted molar refractivity (Wildman–Crippen MR) is 83.5 cm³/mol. The molecule has 1 aromatic rings. The van der Waals surface area contributed by atoms with Crippen molar-refractivity contribution < 1.29 is 8.42 Å². The molecule has 1 unspecified atom stereocenters. The first kappa shape index (κ1) is 15.5. The van der Waals surface area contributed by atoms with Crippen LogP contribution in [0.25, 0.3) is 0 Å². The van der Waals surface area contributed by atoms with Gasteiger partial charge in [-0.25, -0.2) is 8.42 Å². The van der Waals surface area contributed by atoms with E-state index in [2.05, 4.69) is 12.2 Å². The number of nitrogens with one attached hydrogen (secondary N) is 1. The van der Waals surface area contributed by atoms with Crippen LogP contribution in [0.2, 0.25) is 0 Å². The molecule has 0 aromatic heterocycles. The Morgan fingerprint density at radius 1 is 1.20 bits per heavy atom. The standard InChI is InChI=1S/C16H25NO2S/c1-2-12-17-16(14-8-4-3-5-9-14)13-20(18,19)15-10-6-7-11-15/h3-5,8-9,15-17H,2,6-7,10-13H2,1H3. The number of sulfone groups is 1. The minimum Gasteiger partial charge on any atom is -0.309 e. The Bertz CT molecular complexity index is 492. The first-order valence-electron chi connectivity index (χ1n) is 7.63. The average Bonchev–Trinajstić information content (AvgIpc) is 2.99. The van der Waals surface area contributed by atoms with Gasteiger partial charge in [0.2, 0.25) is 0 Å². The lowest BCUT2D eigenvalue weighted by molar-refractivity contribution is 0.537. The van der Waals surface area contributed by atoms with E-state index in [1.54, 1.807) is 0 Å². The maximum absolute atomic E-state index is 12.5. The third-order valence-corrected chi connectivity index (χ3v) is 6.34. The molecule has 1 aliphatic rings. The van der Waals surface area contributed by atoms with E-state index in [9.17, 15) is 8.42 Å². The minimum absolute atomic E-state index is 0.0817. The SMILES string of the molecule is CCCNC(CS(=O)(=O)C1CCCC1)c1ccccc1. The molecular formula is C16H25NO2S. The van der Waals surface area contributed by atoms with Crippen LogP contribution in [0.15, 0.2) is 30.3 Å². The van der Waals surface area contributed by atoms with Gasteiger partial charge in [0.25, 0.3) is 0 Å². The van der Waals surface area contributed by atoms with Crippen molar-refractivity contribution in [3.63, 3.8) is 0 Å². The molecule has 0 saturated heterocycles. The van der Waals surface area contributed by atoms with Crippen molar-refractivity contribution in [1.82, 2.24) is 5.32 Å². The van der Waals surface area contributed by atoms with Crippen molar-refractivity contribution >= 4 is 9.84 Å². The fourth-order valence-electron chi connectivity index (χ4n) is 2.89. The van der Waals surface area contributed by atoms with Gasteiger partial charge in [0.05, 0.1) is 11.0 Å². The number of hydrogen-bond acceptors (Lipinski definition) is 3. The van der Waals surface area contributed by atoms with E-state index in [1.807, 2.05) is 30.3 Å². The monoisotopic (exact) mass is 295 g/mol. The predicted octanol–water partition coefficient (Wildman–Crippen LogP) is 3.08. The van der Waals surface area contributed by atoms with Crippen molar-refractivity contribution in [2.75, 3.05) is 12.3 Å². The zero-order chi connectivity index (χ0) is 14.4. The quantitative estimate of drug-likeness (QED) is 0.841. The fraction of sp³-hybridized carbons (Fsp3) is 0.625. The molecule has 1 N–H and O–H groups in total. The summed E-state index contributed by atoms with van der Waals surface area (Å²) in [7, 11) is -3.00. The highest BCUT2D eigenvalue weighted by Gasteiger charge is 2.31. The van der Waals surface area contributed by atoms with E-state index in [1.165, 1.54) is 0 Å². The van der Waals surface area contributed by atoms with Crippen LogP contribution in [0.3, 0.4) is 0 Å². The highest BCUT2D eigenvalue weighted by atomic mass is 32.2. The van der Waals surface area contributed by atoms with Gasteiger partial charge in [0, 0.05) is 6.04 Å². The van der Waals surface area contributed by atoms with E-state index in [0.717, 1.165) is 44.2 Å². The van der Waals surface area contributed by atoms with Gasteiger partial charge in [-0.05, 0) is 31.4 Å². The molecule has 3 nitrogen and oxygen atoms in total. The van der Waals surface area contributed by atoms with Gasteiger partial charge in [-0.1, -0.05) is 50.1 Å². The van der Waals surface area contributed by atoms with E-state index in [-0.39, 0.29) is 17.0 Å². The maximum atomic E-state index is 12.5. The molecule has 0 spiro atoms. The molecule has 4 heteroatoms. The average molecular weight is 295 g/mol. The normalized spacial score (nSPS) is 18.2. The summed E-state index contributed by atoms with van der Waals surface area (Å²) in [6, 6.07) is 9.85. The summed E-state index contributed by atoms with van der Waals surface area (Å²) >= 11 is 0. The van der Waals surface area contributed by atoms with Gasteiger partial charge in [-0.3, -0.25) is 0 Å². The number of benzene rings is 1. The Hall–Kier alpha value is -0.870. The van der Waals surface area contributed by atoms with E-state index in [4.69, 9.17) is 0 Å². The number of rotatable bonds is 7. The highest BCUT2D eigenvalue weighted by Crippen LogP contribution is 2.27. The van der Waals surface area contributed by atoms with Crippen LogP contribution in [-0.2, 0) is 9.84 Å². The lowest BCUT2D eigenvalue weighted by Gasteiger charge is -2.21. The Balaban J connectivity index is 2.11. The molecular weight excluding hydrogens is 270 g/mol. The Labute approximate surface area is 122 Å². The number of hydrogen-bond donors (Lipinski definition) is 1.